The molecule has 1 aromatic rings. The molecular weight excluding hydrogens is 322 g/mol. The Kier molecular flexibility index (Phi) is 5.85. The maximum Gasteiger partial charge on any atom is 0.336 e. The molecule has 1 heterocycles. The fourth-order valence-corrected chi connectivity index (χ4v) is 3.06. The van der Waals surface area contributed by atoms with E-state index in [4.69, 9.17) is 9.47 Å². The van der Waals surface area contributed by atoms with Crippen LogP contribution in [0.5, 0.6) is 5.75 Å². The molecule has 0 aromatic heterocycles. The number of phenols is 1. The van der Waals surface area contributed by atoms with Gasteiger partial charge in [-0.05, 0) is 38.5 Å². The summed E-state index contributed by atoms with van der Waals surface area (Å²) < 4.78 is 10.4. The minimum Gasteiger partial charge on any atom is -0.508 e. The molecule has 2 N–H and O–H groups in total. The van der Waals surface area contributed by atoms with Gasteiger partial charge in [-0.3, -0.25) is 4.79 Å². The fourth-order valence-electron chi connectivity index (χ4n) is 3.06. The van der Waals surface area contributed by atoms with Gasteiger partial charge in [0.2, 0.25) is 0 Å². The number of carbonyl (C=O) groups is 2. The SMILES string of the molecule is C=C1NC(C)=C(C(=O)OCC)C(c2cccc(O)c2)C1C(=O)OCC. The summed E-state index contributed by atoms with van der Waals surface area (Å²) in [5.74, 6) is -2.40. The highest BCUT2D eigenvalue weighted by molar-refractivity contribution is 5.94. The lowest BCUT2D eigenvalue weighted by Crippen LogP contribution is -2.39. The van der Waals surface area contributed by atoms with Crippen LogP contribution in [-0.4, -0.2) is 30.3 Å². The Balaban J connectivity index is 2.61. The highest BCUT2D eigenvalue weighted by Crippen LogP contribution is 2.42. The number of carbonyl (C=O) groups excluding carboxylic acids is 2. The van der Waals surface area contributed by atoms with Crippen LogP contribution < -0.4 is 5.32 Å². The molecule has 0 amide bonds. The largest absolute Gasteiger partial charge is 0.508 e. The van der Waals surface area contributed by atoms with Crippen LogP contribution in [-0.2, 0) is 19.1 Å². The first-order chi connectivity index (χ1) is 11.9. The summed E-state index contributed by atoms with van der Waals surface area (Å²) in [5, 5.41) is 12.8. The minimum atomic E-state index is -0.801. The molecule has 25 heavy (non-hydrogen) atoms. The minimum absolute atomic E-state index is 0.0464. The van der Waals surface area contributed by atoms with Gasteiger partial charge >= 0.3 is 11.9 Å². The maximum absolute atomic E-state index is 12.5. The first kappa shape index (κ1) is 18.6. The molecule has 0 spiro atoms. The van der Waals surface area contributed by atoms with Crippen molar-refractivity contribution in [3.63, 3.8) is 0 Å². The number of hydrogen-bond acceptors (Lipinski definition) is 6. The Morgan fingerprint density at radius 2 is 1.92 bits per heavy atom. The predicted molar refractivity (Wildman–Crippen MR) is 92.6 cm³/mol. The number of phenolic OH excluding ortho intramolecular Hbond substituents is 1. The van der Waals surface area contributed by atoms with Gasteiger partial charge in [-0.25, -0.2) is 4.79 Å². The molecule has 0 fully saturated rings. The van der Waals surface area contributed by atoms with Gasteiger partial charge in [-0.15, -0.1) is 0 Å². The van der Waals surface area contributed by atoms with E-state index < -0.39 is 23.8 Å². The Labute approximate surface area is 147 Å². The lowest BCUT2D eigenvalue weighted by molar-refractivity contribution is -0.147. The van der Waals surface area contributed by atoms with E-state index in [1.165, 1.54) is 12.1 Å². The van der Waals surface area contributed by atoms with E-state index >= 15 is 0 Å². The van der Waals surface area contributed by atoms with Crippen LogP contribution in [0, 0.1) is 5.92 Å². The van der Waals surface area contributed by atoms with Crippen LogP contribution in [0.2, 0.25) is 0 Å². The third-order valence-electron chi connectivity index (χ3n) is 4.04. The Hall–Kier alpha value is -2.76. The topological polar surface area (TPSA) is 84.9 Å². The highest BCUT2D eigenvalue weighted by Gasteiger charge is 2.43. The van der Waals surface area contributed by atoms with Crippen molar-refractivity contribution < 1.29 is 24.2 Å². The first-order valence-electron chi connectivity index (χ1n) is 8.19. The van der Waals surface area contributed by atoms with Crippen molar-refractivity contribution in [2.45, 2.75) is 26.7 Å². The molecule has 0 saturated carbocycles. The lowest BCUT2D eigenvalue weighted by Gasteiger charge is -2.35. The third kappa shape index (κ3) is 3.84. The molecule has 1 aliphatic rings. The van der Waals surface area contributed by atoms with Crippen molar-refractivity contribution in [1.82, 2.24) is 5.32 Å². The summed E-state index contributed by atoms with van der Waals surface area (Å²) in [4.78, 5) is 25.1. The van der Waals surface area contributed by atoms with Crippen molar-refractivity contribution in [2.24, 2.45) is 5.92 Å². The van der Waals surface area contributed by atoms with E-state index in [9.17, 15) is 14.7 Å². The van der Waals surface area contributed by atoms with Crippen LogP contribution in [0.1, 0.15) is 32.3 Å². The summed E-state index contributed by atoms with van der Waals surface area (Å²) in [6.45, 7) is 9.52. The second kappa shape index (κ2) is 7.88. The summed E-state index contributed by atoms with van der Waals surface area (Å²) in [5.41, 5.74) is 1.95. The smallest absolute Gasteiger partial charge is 0.336 e. The van der Waals surface area contributed by atoms with Crippen molar-refractivity contribution in [3.05, 3.63) is 53.4 Å². The zero-order valence-electron chi connectivity index (χ0n) is 14.7. The number of allylic oxidation sites excluding steroid dienone is 1. The number of nitrogens with one attached hydrogen (secondary N) is 1. The second-order valence-electron chi connectivity index (χ2n) is 5.71. The quantitative estimate of drug-likeness (QED) is 0.798. The summed E-state index contributed by atoms with van der Waals surface area (Å²) >= 11 is 0. The standard InChI is InChI=1S/C19H23NO5/c1-5-24-18(22)15-11(3)20-12(4)16(19(23)25-6-2)17(15)13-8-7-9-14(21)10-13/h7-10,15,17,20-21H,3,5-6H2,1-2,4H3. The lowest BCUT2D eigenvalue weighted by atomic mass is 9.75. The van der Waals surface area contributed by atoms with E-state index in [0.717, 1.165) is 0 Å². The molecule has 6 nitrogen and oxygen atoms in total. The monoisotopic (exact) mass is 345 g/mol. The molecule has 1 aliphatic heterocycles. The van der Waals surface area contributed by atoms with Gasteiger partial charge in [-0.2, -0.15) is 0 Å². The Morgan fingerprint density at radius 3 is 2.52 bits per heavy atom. The van der Waals surface area contributed by atoms with Crippen LogP contribution >= 0.6 is 0 Å². The van der Waals surface area contributed by atoms with E-state index in [0.29, 0.717) is 22.5 Å². The molecule has 0 aliphatic carbocycles. The van der Waals surface area contributed by atoms with Gasteiger partial charge in [0.15, 0.2) is 0 Å². The average Bonchev–Trinajstić information content (AvgIpc) is 2.54. The number of ether oxygens (including phenoxy) is 2. The number of rotatable bonds is 5. The first-order valence-corrected chi connectivity index (χ1v) is 8.19. The van der Waals surface area contributed by atoms with Crippen molar-refractivity contribution in [1.29, 1.82) is 0 Å². The van der Waals surface area contributed by atoms with Crippen molar-refractivity contribution in [3.8, 4) is 5.75 Å². The van der Waals surface area contributed by atoms with Crippen molar-refractivity contribution in [2.75, 3.05) is 13.2 Å². The Bertz CT molecular complexity index is 722. The van der Waals surface area contributed by atoms with E-state index in [-0.39, 0.29) is 19.0 Å². The average molecular weight is 345 g/mol. The van der Waals surface area contributed by atoms with Gasteiger partial charge in [0.1, 0.15) is 11.7 Å². The maximum atomic E-state index is 12.5. The fraction of sp³-hybridized carbons (Fsp3) is 0.368. The van der Waals surface area contributed by atoms with E-state index in [1.807, 2.05) is 0 Å². The van der Waals surface area contributed by atoms with Crippen LogP contribution in [0.15, 0.2) is 47.8 Å². The molecular formula is C19H23NO5. The predicted octanol–water partition coefficient (Wildman–Crippen LogP) is 2.61. The zero-order valence-corrected chi connectivity index (χ0v) is 14.7. The van der Waals surface area contributed by atoms with E-state index in [2.05, 4.69) is 11.9 Å². The van der Waals surface area contributed by atoms with Gasteiger partial charge in [0, 0.05) is 17.3 Å². The van der Waals surface area contributed by atoms with Crippen LogP contribution in [0.4, 0.5) is 0 Å². The summed E-state index contributed by atoms with van der Waals surface area (Å²) in [6, 6.07) is 6.47. The molecule has 1 aromatic carbocycles. The molecule has 6 heteroatoms. The molecule has 0 saturated heterocycles. The van der Waals surface area contributed by atoms with Gasteiger partial charge in [0.05, 0.1) is 18.8 Å². The summed E-state index contributed by atoms with van der Waals surface area (Å²) in [7, 11) is 0. The summed E-state index contributed by atoms with van der Waals surface area (Å²) in [6.07, 6.45) is 0. The molecule has 2 rings (SSSR count). The van der Waals surface area contributed by atoms with Gasteiger partial charge in [0.25, 0.3) is 0 Å². The highest BCUT2D eigenvalue weighted by atomic mass is 16.5. The Morgan fingerprint density at radius 1 is 1.24 bits per heavy atom. The molecule has 0 radical (unpaired) electrons. The normalized spacial score (nSPS) is 20.0. The number of esters is 2. The second-order valence-corrected chi connectivity index (χ2v) is 5.71. The van der Waals surface area contributed by atoms with Crippen LogP contribution in [0.25, 0.3) is 0 Å². The number of hydrogen-bond donors (Lipinski definition) is 2. The van der Waals surface area contributed by atoms with Gasteiger partial charge in [-0.1, -0.05) is 18.7 Å². The molecule has 134 valence electrons. The molecule has 2 unspecified atom stereocenters. The number of benzene rings is 1. The van der Waals surface area contributed by atoms with Crippen LogP contribution in [0.3, 0.4) is 0 Å². The van der Waals surface area contributed by atoms with E-state index in [1.54, 1.807) is 32.9 Å². The third-order valence-corrected chi connectivity index (χ3v) is 4.04. The molecule has 2 atom stereocenters. The molecule has 0 bridgehead atoms. The van der Waals surface area contributed by atoms with Crippen molar-refractivity contribution >= 4 is 11.9 Å². The number of aromatic hydroxyl groups is 1. The van der Waals surface area contributed by atoms with Gasteiger partial charge < -0.3 is 19.9 Å². The zero-order chi connectivity index (χ0) is 18.6.